The zero-order valence-corrected chi connectivity index (χ0v) is 24.8. The SMILES string of the molecule is CC(C)(C)OC(=O)N1CC2CN(c3ccc(OC(F)(F)F)cc3)CC2C1.CC(C)(C)OC(=O)N1CC2CNCC2C1. The Morgan fingerprint density at radius 3 is 1.51 bits per heavy atom. The van der Waals surface area contributed by atoms with E-state index in [1.807, 2.05) is 46.4 Å². The highest BCUT2D eigenvalue weighted by Gasteiger charge is 2.43. The minimum Gasteiger partial charge on any atom is -0.444 e. The number of nitrogens with zero attached hydrogens (tertiary/aromatic N) is 3. The van der Waals surface area contributed by atoms with Crippen molar-refractivity contribution in [1.29, 1.82) is 0 Å². The molecule has 230 valence electrons. The summed E-state index contributed by atoms with van der Waals surface area (Å²) in [7, 11) is 0. The predicted molar refractivity (Wildman–Crippen MR) is 148 cm³/mol. The molecule has 1 aromatic rings. The van der Waals surface area contributed by atoms with Crippen molar-refractivity contribution in [1.82, 2.24) is 15.1 Å². The number of anilines is 1. The third-order valence-corrected chi connectivity index (χ3v) is 7.61. The number of ether oxygens (including phenoxy) is 3. The summed E-state index contributed by atoms with van der Waals surface area (Å²) in [5, 5.41) is 3.35. The highest BCUT2D eigenvalue weighted by Crippen LogP contribution is 2.35. The molecule has 2 amide bonds. The van der Waals surface area contributed by atoms with Crippen molar-refractivity contribution in [3.05, 3.63) is 24.3 Å². The van der Waals surface area contributed by atoms with Gasteiger partial charge in [0.1, 0.15) is 17.0 Å². The first-order valence-electron chi connectivity index (χ1n) is 14.2. The molecule has 0 spiro atoms. The molecule has 0 aliphatic carbocycles. The monoisotopic (exact) mass is 584 g/mol. The number of carbonyl (C=O) groups excluding carboxylic acids is 2. The molecule has 4 heterocycles. The number of alkyl halides is 3. The predicted octanol–water partition coefficient (Wildman–Crippen LogP) is 4.96. The Balaban J connectivity index is 0.000000218. The molecule has 0 aromatic heterocycles. The quantitative estimate of drug-likeness (QED) is 0.526. The van der Waals surface area contributed by atoms with Gasteiger partial charge in [0, 0.05) is 69.9 Å². The summed E-state index contributed by atoms with van der Waals surface area (Å²) in [4.78, 5) is 29.7. The van der Waals surface area contributed by atoms with Gasteiger partial charge in [0.25, 0.3) is 0 Å². The molecule has 12 heteroatoms. The van der Waals surface area contributed by atoms with Crippen LogP contribution in [0.1, 0.15) is 41.5 Å². The summed E-state index contributed by atoms with van der Waals surface area (Å²) in [5.41, 5.74) is -0.0357. The summed E-state index contributed by atoms with van der Waals surface area (Å²) < 4.78 is 51.4. The third-order valence-electron chi connectivity index (χ3n) is 7.61. The van der Waals surface area contributed by atoms with Crippen molar-refractivity contribution in [2.24, 2.45) is 23.7 Å². The Hall–Kier alpha value is -2.89. The van der Waals surface area contributed by atoms with Crippen molar-refractivity contribution in [2.75, 3.05) is 57.3 Å². The third kappa shape index (κ3) is 8.80. The lowest BCUT2D eigenvalue weighted by molar-refractivity contribution is -0.274. The summed E-state index contributed by atoms with van der Waals surface area (Å²) in [6.07, 6.45) is -5.12. The highest BCUT2D eigenvalue weighted by molar-refractivity contribution is 5.69. The number of nitrogens with one attached hydrogen (secondary N) is 1. The van der Waals surface area contributed by atoms with E-state index in [9.17, 15) is 22.8 Å². The Kier molecular flexibility index (Phi) is 8.92. The summed E-state index contributed by atoms with van der Waals surface area (Å²) in [5.74, 6) is 1.73. The standard InChI is InChI=1S/C18H23F3N2O3.C11H20N2O2/c1-17(2,3)26-16(24)23-10-12-8-22(9-13(12)11-23)14-4-6-15(7-5-14)25-18(19,20)21;1-11(2,3)15-10(14)13-6-8-4-12-5-9(8)7-13/h4-7,12-13H,8-11H2,1-3H3;8-9,12H,4-7H2,1-3H3. The van der Waals surface area contributed by atoms with E-state index in [0.717, 1.165) is 45.0 Å². The summed E-state index contributed by atoms with van der Waals surface area (Å²) in [6.45, 7) is 17.9. The fraction of sp³-hybridized carbons (Fsp3) is 0.724. The average Bonchev–Trinajstić information content (AvgIpc) is 3.56. The lowest BCUT2D eigenvalue weighted by Crippen LogP contribution is -2.37. The van der Waals surface area contributed by atoms with E-state index in [1.165, 1.54) is 12.1 Å². The van der Waals surface area contributed by atoms with Crippen molar-refractivity contribution in [3.63, 3.8) is 0 Å². The van der Waals surface area contributed by atoms with Gasteiger partial charge in [0.05, 0.1) is 0 Å². The second kappa shape index (κ2) is 11.8. The van der Waals surface area contributed by atoms with Crippen LogP contribution in [0.2, 0.25) is 0 Å². The van der Waals surface area contributed by atoms with Gasteiger partial charge in [-0.05, 0) is 77.6 Å². The zero-order chi connectivity index (χ0) is 30.2. The van der Waals surface area contributed by atoms with Crippen LogP contribution in [0.15, 0.2) is 24.3 Å². The first-order chi connectivity index (χ1) is 19.0. The Morgan fingerprint density at radius 1 is 0.707 bits per heavy atom. The fourth-order valence-corrected chi connectivity index (χ4v) is 5.87. The lowest BCUT2D eigenvalue weighted by atomic mass is 10.0. The molecular formula is C29H43F3N4O5. The molecule has 4 saturated heterocycles. The number of amides is 2. The number of halogens is 3. The van der Waals surface area contributed by atoms with E-state index < -0.39 is 12.0 Å². The summed E-state index contributed by atoms with van der Waals surface area (Å²) in [6, 6.07) is 5.91. The number of benzene rings is 1. The molecule has 1 N–H and O–H groups in total. The van der Waals surface area contributed by atoms with Crippen LogP contribution in [-0.2, 0) is 9.47 Å². The Bertz CT molecular complexity index is 1040. The molecule has 4 aliphatic heterocycles. The maximum atomic E-state index is 12.2. The van der Waals surface area contributed by atoms with E-state index in [1.54, 1.807) is 17.0 Å². The lowest BCUT2D eigenvalue weighted by Gasteiger charge is -2.26. The molecule has 5 rings (SSSR count). The number of hydrogen-bond donors (Lipinski definition) is 1. The van der Waals surface area contributed by atoms with Gasteiger partial charge in [-0.2, -0.15) is 0 Å². The first-order valence-corrected chi connectivity index (χ1v) is 14.2. The Labute approximate surface area is 240 Å². The van der Waals surface area contributed by atoms with E-state index in [4.69, 9.17) is 9.47 Å². The van der Waals surface area contributed by atoms with Crippen LogP contribution in [0.3, 0.4) is 0 Å². The van der Waals surface area contributed by atoms with Crippen LogP contribution in [0, 0.1) is 23.7 Å². The number of likely N-dealkylation sites (tertiary alicyclic amines) is 2. The summed E-state index contributed by atoms with van der Waals surface area (Å²) >= 11 is 0. The highest BCUT2D eigenvalue weighted by atomic mass is 19.4. The molecule has 0 radical (unpaired) electrons. The van der Waals surface area contributed by atoms with E-state index in [-0.39, 0.29) is 23.5 Å². The van der Waals surface area contributed by atoms with Gasteiger partial charge < -0.3 is 34.2 Å². The maximum absolute atomic E-state index is 12.2. The van der Waals surface area contributed by atoms with Crippen molar-refractivity contribution < 1.29 is 37.0 Å². The van der Waals surface area contributed by atoms with Crippen LogP contribution in [0.5, 0.6) is 5.75 Å². The molecule has 4 aliphatic rings. The average molecular weight is 585 g/mol. The van der Waals surface area contributed by atoms with Crippen molar-refractivity contribution in [2.45, 2.75) is 59.1 Å². The fourth-order valence-electron chi connectivity index (χ4n) is 5.87. The molecule has 4 fully saturated rings. The van der Waals surface area contributed by atoms with Crippen LogP contribution in [-0.4, -0.2) is 91.9 Å². The van der Waals surface area contributed by atoms with Crippen LogP contribution < -0.4 is 15.0 Å². The van der Waals surface area contributed by atoms with Crippen LogP contribution in [0.25, 0.3) is 0 Å². The van der Waals surface area contributed by atoms with Gasteiger partial charge in [-0.3, -0.25) is 0 Å². The van der Waals surface area contributed by atoms with Crippen molar-refractivity contribution >= 4 is 17.9 Å². The number of carbonyl (C=O) groups is 2. The molecule has 4 atom stereocenters. The molecule has 1 aromatic carbocycles. The molecule has 41 heavy (non-hydrogen) atoms. The second-order valence-electron chi connectivity index (χ2n) is 13.4. The molecule has 0 saturated carbocycles. The van der Waals surface area contributed by atoms with Crippen LogP contribution in [0.4, 0.5) is 28.4 Å². The van der Waals surface area contributed by atoms with Crippen molar-refractivity contribution in [3.8, 4) is 5.75 Å². The minimum atomic E-state index is -4.68. The van der Waals surface area contributed by atoms with Gasteiger partial charge in [-0.15, -0.1) is 13.2 Å². The van der Waals surface area contributed by atoms with Gasteiger partial charge >= 0.3 is 18.5 Å². The van der Waals surface area contributed by atoms with Gasteiger partial charge in [0.2, 0.25) is 0 Å². The first kappa shape index (κ1) is 31.1. The largest absolute Gasteiger partial charge is 0.573 e. The molecular weight excluding hydrogens is 541 g/mol. The molecule has 0 bridgehead atoms. The van der Waals surface area contributed by atoms with Gasteiger partial charge in [0.15, 0.2) is 0 Å². The van der Waals surface area contributed by atoms with Gasteiger partial charge in [-0.25, -0.2) is 9.59 Å². The van der Waals surface area contributed by atoms with Crippen LogP contribution >= 0.6 is 0 Å². The minimum absolute atomic E-state index is 0.156. The number of fused-ring (bicyclic) bond motifs is 2. The molecule has 4 unspecified atom stereocenters. The Morgan fingerprint density at radius 2 is 1.12 bits per heavy atom. The maximum Gasteiger partial charge on any atom is 0.573 e. The zero-order valence-electron chi connectivity index (χ0n) is 24.8. The van der Waals surface area contributed by atoms with E-state index in [2.05, 4.69) is 15.0 Å². The number of rotatable bonds is 2. The van der Waals surface area contributed by atoms with Gasteiger partial charge in [-0.1, -0.05) is 0 Å². The smallest absolute Gasteiger partial charge is 0.444 e. The molecule has 9 nitrogen and oxygen atoms in total. The topological polar surface area (TPSA) is 83.6 Å². The van der Waals surface area contributed by atoms with E-state index >= 15 is 0 Å². The second-order valence-corrected chi connectivity index (χ2v) is 13.4. The number of hydrogen-bond acceptors (Lipinski definition) is 7. The normalized spacial score (nSPS) is 25.8. The van der Waals surface area contributed by atoms with E-state index in [0.29, 0.717) is 36.8 Å².